The first-order valence-corrected chi connectivity index (χ1v) is 7.16. The van der Waals surface area contributed by atoms with Gasteiger partial charge in [-0.1, -0.05) is 0 Å². The van der Waals surface area contributed by atoms with Gasteiger partial charge in [-0.2, -0.15) is 0 Å². The van der Waals surface area contributed by atoms with E-state index >= 15 is 0 Å². The number of rotatable bonds is 5. The first-order chi connectivity index (χ1) is 10.1. The maximum atomic E-state index is 12.0. The van der Waals surface area contributed by atoms with Crippen molar-refractivity contribution in [1.29, 1.82) is 0 Å². The third-order valence-electron chi connectivity index (χ3n) is 3.53. The van der Waals surface area contributed by atoms with Gasteiger partial charge in [0.1, 0.15) is 0 Å². The lowest BCUT2D eigenvalue weighted by atomic mass is 9.97. The molecule has 1 aliphatic heterocycles. The second-order valence-corrected chi connectivity index (χ2v) is 5.05. The lowest BCUT2D eigenvalue weighted by Gasteiger charge is -2.30. The number of fused-ring (bicyclic) bond motifs is 1. The standard InChI is InChI=1S/C15H21N3O3/c1-3-21-10-13-7-16-6-12-9-18(5-4-14(12)13)15(20)8-17-11(2)19/h6-7H,3-5,8-10H2,1-2H3,(H,17,19). The Kier molecular flexibility index (Phi) is 5.27. The summed E-state index contributed by atoms with van der Waals surface area (Å²) in [6.07, 6.45) is 4.44. The summed E-state index contributed by atoms with van der Waals surface area (Å²) in [5.41, 5.74) is 3.40. The van der Waals surface area contributed by atoms with E-state index in [1.807, 2.05) is 19.3 Å². The maximum absolute atomic E-state index is 12.0. The molecular weight excluding hydrogens is 270 g/mol. The molecule has 2 rings (SSSR count). The Hall–Kier alpha value is -1.95. The van der Waals surface area contributed by atoms with E-state index in [2.05, 4.69) is 10.3 Å². The molecule has 0 bridgehead atoms. The van der Waals surface area contributed by atoms with Crippen molar-refractivity contribution >= 4 is 11.8 Å². The minimum Gasteiger partial charge on any atom is -0.377 e. The van der Waals surface area contributed by atoms with Gasteiger partial charge in [-0.3, -0.25) is 14.6 Å². The first-order valence-electron chi connectivity index (χ1n) is 7.16. The summed E-state index contributed by atoms with van der Waals surface area (Å²) < 4.78 is 5.46. The van der Waals surface area contributed by atoms with Gasteiger partial charge in [0.05, 0.1) is 13.2 Å². The zero-order valence-corrected chi connectivity index (χ0v) is 12.5. The maximum Gasteiger partial charge on any atom is 0.242 e. The van der Waals surface area contributed by atoms with Crippen molar-refractivity contribution in [3.63, 3.8) is 0 Å². The Morgan fingerprint density at radius 2 is 2.24 bits per heavy atom. The molecule has 1 aromatic rings. The molecular formula is C15H21N3O3. The van der Waals surface area contributed by atoms with Gasteiger partial charge >= 0.3 is 0 Å². The van der Waals surface area contributed by atoms with Crippen LogP contribution in [0.5, 0.6) is 0 Å². The quantitative estimate of drug-likeness (QED) is 0.864. The summed E-state index contributed by atoms with van der Waals surface area (Å²) in [5, 5.41) is 2.54. The zero-order chi connectivity index (χ0) is 15.2. The van der Waals surface area contributed by atoms with Gasteiger partial charge in [0.2, 0.25) is 11.8 Å². The van der Waals surface area contributed by atoms with Gasteiger partial charge in [0.15, 0.2) is 0 Å². The van der Waals surface area contributed by atoms with Crippen molar-refractivity contribution in [2.24, 2.45) is 0 Å². The van der Waals surface area contributed by atoms with Gasteiger partial charge in [0, 0.05) is 39.0 Å². The van der Waals surface area contributed by atoms with Crippen LogP contribution in [-0.4, -0.2) is 41.4 Å². The van der Waals surface area contributed by atoms with E-state index in [9.17, 15) is 9.59 Å². The summed E-state index contributed by atoms with van der Waals surface area (Å²) in [4.78, 5) is 28.9. The second-order valence-electron chi connectivity index (χ2n) is 5.05. The number of ether oxygens (including phenoxy) is 1. The van der Waals surface area contributed by atoms with Crippen molar-refractivity contribution in [2.75, 3.05) is 19.7 Å². The SMILES string of the molecule is CCOCc1cncc2c1CCN(C(=O)CNC(C)=O)C2. The van der Waals surface area contributed by atoms with Crippen LogP contribution in [0.4, 0.5) is 0 Å². The van der Waals surface area contributed by atoms with Crippen LogP contribution in [0.2, 0.25) is 0 Å². The molecule has 0 saturated heterocycles. The van der Waals surface area contributed by atoms with E-state index in [4.69, 9.17) is 4.74 Å². The Labute approximate surface area is 124 Å². The minimum atomic E-state index is -0.193. The zero-order valence-electron chi connectivity index (χ0n) is 12.5. The van der Waals surface area contributed by atoms with Gasteiger partial charge in [-0.15, -0.1) is 0 Å². The number of carbonyl (C=O) groups is 2. The third kappa shape index (κ3) is 4.01. The van der Waals surface area contributed by atoms with Gasteiger partial charge in [-0.05, 0) is 30.0 Å². The molecule has 2 heterocycles. The average Bonchev–Trinajstić information content (AvgIpc) is 2.49. The van der Waals surface area contributed by atoms with Crippen molar-refractivity contribution in [1.82, 2.24) is 15.2 Å². The molecule has 6 heteroatoms. The highest BCUT2D eigenvalue weighted by Crippen LogP contribution is 2.22. The Morgan fingerprint density at radius 1 is 1.43 bits per heavy atom. The lowest BCUT2D eigenvalue weighted by Crippen LogP contribution is -2.42. The molecule has 21 heavy (non-hydrogen) atoms. The molecule has 0 saturated carbocycles. The third-order valence-corrected chi connectivity index (χ3v) is 3.53. The monoisotopic (exact) mass is 291 g/mol. The highest BCUT2D eigenvalue weighted by molar-refractivity contribution is 5.83. The number of hydrogen-bond donors (Lipinski definition) is 1. The fraction of sp³-hybridized carbons (Fsp3) is 0.533. The highest BCUT2D eigenvalue weighted by Gasteiger charge is 2.22. The Morgan fingerprint density at radius 3 is 2.95 bits per heavy atom. The van der Waals surface area contributed by atoms with Crippen molar-refractivity contribution in [3.05, 3.63) is 29.1 Å². The van der Waals surface area contributed by atoms with Crippen LogP contribution in [-0.2, 0) is 33.9 Å². The fourth-order valence-corrected chi connectivity index (χ4v) is 2.43. The van der Waals surface area contributed by atoms with Crippen LogP contribution in [0.3, 0.4) is 0 Å². The molecule has 6 nitrogen and oxygen atoms in total. The summed E-state index contributed by atoms with van der Waals surface area (Å²) in [5.74, 6) is -0.257. The van der Waals surface area contributed by atoms with Crippen LogP contribution in [0.1, 0.15) is 30.5 Å². The molecule has 0 spiro atoms. The molecule has 1 aliphatic rings. The topological polar surface area (TPSA) is 71.5 Å². The number of pyridine rings is 1. The molecule has 0 fully saturated rings. The smallest absolute Gasteiger partial charge is 0.242 e. The summed E-state index contributed by atoms with van der Waals surface area (Å²) >= 11 is 0. The van der Waals surface area contributed by atoms with Crippen LogP contribution in [0.15, 0.2) is 12.4 Å². The van der Waals surface area contributed by atoms with Gasteiger partial charge in [0.25, 0.3) is 0 Å². The molecule has 1 aromatic heterocycles. The summed E-state index contributed by atoms with van der Waals surface area (Å²) in [7, 11) is 0. The number of hydrogen-bond acceptors (Lipinski definition) is 4. The van der Waals surface area contributed by atoms with E-state index in [1.165, 1.54) is 12.5 Å². The fourth-order valence-electron chi connectivity index (χ4n) is 2.43. The molecule has 0 aliphatic carbocycles. The average molecular weight is 291 g/mol. The highest BCUT2D eigenvalue weighted by atomic mass is 16.5. The van der Waals surface area contributed by atoms with Crippen molar-refractivity contribution in [2.45, 2.75) is 33.4 Å². The molecule has 0 unspecified atom stereocenters. The van der Waals surface area contributed by atoms with E-state index in [0.29, 0.717) is 26.3 Å². The van der Waals surface area contributed by atoms with Crippen molar-refractivity contribution in [3.8, 4) is 0 Å². The van der Waals surface area contributed by atoms with Crippen LogP contribution >= 0.6 is 0 Å². The minimum absolute atomic E-state index is 0.0523. The molecule has 0 radical (unpaired) electrons. The Bertz CT molecular complexity index is 531. The second kappa shape index (κ2) is 7.17. The Balaban J connectivity index is 2.03. The first kappa shape index (κ1) is 15.4. The van der Waals surface area contributed by atoms with Crippen LogP contribution in [0.25, 0.3) is 0 Å². The van der Waals surface area contributed by atoms with Crippen molar-refractivity contribution < 1.29 is 14.3 Å². The lowest BCUT2D eigenvalue weighted by molar-refractivity contribution is -0.133. The predicted molar refractivity (Wildman–Crippen MR) is 77.4 cm³/mol. The molecule has 0 aromatic carbocycles. The molecule has 0 atom stereocenters. The molecule has 114 valence electrons. The number of carbonyl (C=O) groups excluding carboxylic acids is 2. The summed E-state index contributed by atoms with van der Waals surface area (Å²) in [6.45, 7) is 5.86. The van der Waals surface area contributed by atoms with E-state index in [-0.39, 0.29) is 18.4 Å². The van der Waals surface area contributed by atoms with E-state index < -0.39 is 0 Å². The largest absolute Gasteiger partial charge is 0.377 e. The predicted octanol–water partition coefficient (Wildman–Crippen LogP) is 0.639. The van der Waals surface area contributed by atoms with Crippen LogP contribution < -0.4 is 5.32 Å². The molecule has 1 N–H and O–H groups in total. The van der Waals surface area contributed by atoms with Gasteiger partial charge in [-0.25, -0.2) is 0 Å². The number of nitrogens with zero attached hydrogens (tertiary/aromatic N) is 2. The van der Waals surface area contributed by atoms with E-state index in [0.717, 1.165) is 17.5 Å². The van der Waals surface area contributed by atoms with Crippen LogP contribution in [0, 0.1) is 0 Å². The molecule has 2 amide bonds. The summed E-state index contributed by atoms with van der Waals surface area (Å²) in [6, 6.07) is 0. The number of aromatic nitrogens is 1. The normalized spacial score (nSPS) is 13.7. The van der Waals surface area contributed by atoms with E-state index in [1.54, 1.807) is 4.90 Å². The number of nitrogens with one attached hydrogen (secondary N) is 1. The number of amides is 2. The van der Waals surface area contributed by atoms with Gasteiger partial charge < -0.3 is 15.0 Å².